The van der Waals surface area contributed by atoms with Gasteiger partial charge in [0.1, 0.15) is 11.4 Å². The van der Waals surface area contributed by atoms with Crippen LogP contribution >= 0.6 is 0 Å². The Hall–Kier alpha value is -2.89. The summed E-state index contributed by atoms with van der Waals surface area (Å²) in [6.45, 7) is 3.01. The van der Waals surface area contributed by atoms with E-state index in [1.165, 1.54) is 26.1 Å². The average Bonchev–Trinajstić information content (AvgIpc) is 2.91. The van der Waals surface area contributed by atoms with E-state index >= 15 is 0 Å². The van der Waals surface area contributed by atoms with Crippen LogP contribution in [0.3, 0.4) is 0 Å². The van der Waals surface area contributed by atoms with Crippen molar-refractivity contribution in [2.75, 3.05) is 0 Å². The second-order valence-corrected chi connectivity index (χ2v) is 5.29. The van der Waals surface area contributed by atoms with Gasteiger partial charge in [0, 0.05) is 19.4 Å². The Morgan fingerprint density at radius 3 is 2.36 bits per heavy atom. The highest BCUT2D eigenvalue weighted by Gasteiger charge is 2.38. The summed E-state index contributed by atoms with van der Waals surface area (Å²) in [7, 11) is 0. The van der Waals surface area contributed by atoms with Crippen molar-refractivity contribution in [1.29, 1.82) is 0 Å². The van der Waals surface area contributed by atoms with Gasteiger partial charge >= 0.3 is 11.9 Å². The molecule has 1 aromatic heterocycles. The summed E-state index contributed by atoms with van der Waals surface area (Å²) in [5.41, 5.74) is 1.26. The fourth-order valence-corrected chi connectivity index (χ4v) is 2.09. The van der Waals surface area contributed by atoms with Gasteiger partial charge in [-0.2, -0.15) is 0 Å². The largest absolute Gasteiger partial charge is 0.419 e. The number of ether oxygens (including phenoxy) is 2. The molecule has 112 valence electrons. The van der Waals surface area contributed by atoms with Gasteiger partial charge < -0.3 is 14.5 Å². The molecule has 0 radical (unpaired) electrons. The first-order valence-corrected chi connectivity index (χ1v) is 6.73. The van der Waals surface area contributed by atoms with Gasteiger partial charge in [-0.3, -0.25) is 0 Å². The first-order chi connectivity index (χ1) is 10.4. The molecule has 0 amide bonds. The Morgan fingerprint density at radius 2 is 1.73 bits per heavy atom. The third-order valence-corrected chi connectivity index (χ3v) is 3.06. The highest BCUT2D eigenvalue weighted by Crippen LogP contribution is 2.24. The van der Waals surface area contributed by atoms with Crippen molar-refractivity contribution in [2.24, 2.45) is 0 Å². The first kappa shape index (κ1) is 14.1. The fraction of sp³-hybridized carbons (Fsp3) is 0.188. The molecule has 1 fully saturated rings. The van der Waals surface area contributed by atoms with E-state index in [9.17, 15) is 9.59 Å². The minimum Gasteiger partial charge on any atom is -0.419 e. The van der Waals surface area contributed by atoms with Crippen molar-refractivity contribution in [2.45, 2.75) is 19.6 Å². The van der Waals surface area contributed by atoms with Crippen LogP contribution in [0, 0.1) is 0 Å². The number of benzene rings is 1. The number of esters is 2. The van der Waals surface area contributed by atoms with Crippen molar-refractivity contribution < 1.29 is 19.1 Å². The van der Waals surface area contributed by atoms with Crippen LogP contribution in [0.1, 0.15) is 19.5 Å². The Morgan fingerprint density at radius 1 is 1.09 bits per heavy atom. The molecule has 0 unspecified atom stereocenters. The van der Waals surface area contributed by atoms with Gasteiger partial charge in [0.05, 0.1) is 11.9 Å². The summed E-state index contributed by atoms with van der Waals surface area (Å²) in [5, 5.41) is 0. The number of H-pyrrole nitrogens is 1. The maximum absolute atomic E-state index is 11.9. The number of hydrogen-bond donors (Lipinski definition) is 1. The first-order valence-electron chi connectivity index (χ1n) is 6.73. The number of hydrogen-bond acceptors (Lipinski definition) is 5. The molecule has 3 rings (SSSR count). The van der Waals surface area contributed by atoms with Crippen LogP contribution in [0.25, 0.3) is 17.5 Å². The second kappa shape index (κ2) is 5.14. The van der Waals surface area contributed by atoms with Gasteiger partial charge in [-0.05, 0) is 6.08 Å². The molecule has 0 spiro atoms. The quantitative estimate of drug-likeness (QED) is 0.522. The van der Waals surface area contributed by atoms with E-state index < -0.39 is 17.7 Å². The summed E-state index contributed by atoms with van der Waals surface area (Å²) in [5.74, 6) is -2.02. The van der Waals surface area contributed by atoms with Crippen molar-refractivity contribution in [1.82, 2.24) is 9.97 Å². The SMILES string of the molecule is CC1(C)OC(=O)C(=Cc2cnc(-c3ccccc3)[nH]2)C(=O)O1. The Bertz CT molecular complexity index is 737. The maximum Gasteiger partial charge on any atom is 0.348 e. The van der Waals surface area contributed by atoms with Crippen LogP contribution in [0.15, 0.2) is 42.1 Å². The third-order valence-electron chi connectivity index (χ3n) is 3.06. The fourth-order valence-electron chi connectivity index (χ4n) is 2.09. The molecule has 22 heavy (non-hydrogen) atoms. The van der Waals surface area contributed by atoms with E-state index in [-0.39, 0.29) is 5.57 Å². The van der Waals surface area contributed by atoms with Crippen molar-refractivity contribution in [3.05, 3.63) is 47.8 Å². The lowest BCUT2D eigenvalue weighted by Gasteiger charge is -2.29. The average molecular weight is 298 g/mol. The molecule has 0 aliphatic carbocycles. The number of nitrogens with one attached hydrogen (secondary N) is 1. The zero-order valence-electron chi connectivity index (χ0n) is 12.1. The van der Waals surface area contributed by atoms with Crippen LogP contribution in [0.2, 0.25) is 0 Å². The Labute approximate surface area is 126 Å². The summed E-state index contributed by atoms with van der Waals surface area (Å²) >= 11 is 0. The molecular weight excluding hydrogens is 284 g/mol. The minimum absolute atomic E-state index is 0.164. The highest BCUT2D eigenvalue weighted by atomic mass is 16.7. The lowest BCUT2D eigenvalue weighted by Crippen LogP contribution is -2.41. The van der Waals surface area contributed by atoms with Gasteiger partial charge in [-0.15, -0.1) is 0 Å². The van der Waals surface area contributed by atoms with E-state index in [0.29, 0.717) is 11.5 Å². The number of carbonyl (C=O) groups excluding carboxylic acids is 2. The molecule has 1 N–H and O–H groups in total. The summed E-state index contributed by atoms with van der Waals surface area (Å²) in [4.78, 5) is 31.0. The minimum atomic E-state index is -1.24. The number of aromatic nitrogens is 2. The molecule has 1 aromatic carbocycles. The molecule has 6 heteroatoms. The Kier molecular flexibility index (Phi) is 3.29. The third kappa shape index (κ3) is 2.76. The molecule has 0 atom stereocenters. The molecule has 1 aliphatic rings. The van der Waals surface area contributed by atoms with Crippen LogP contribution in [0.4, 0.5) is 0 Å². The van der Waals surface area contributed by atoms with Crippen molar-refractivity contribution in [3.63, 3.8) is 0 Å². The van der Waals surface area contributed by atoms with Crippen LogP contribution in [-0.4, -0.2) is 27.7 Å². The predicted octanol–water partition coefficient (Wildman–Crippen LogP) is 2.30. The van der Waals surface area contributed by atoms with E-state index in [1.807, 2.05) is 30.3 Å². The number of nitrogens with zero attached hydrogens (tertiary/aromatic N) is 1. The number of rotatable bonds is 2. The summed E-state index contributed by atoms with van der Waals surface area (Å²) in [6.07, 6.45) is 2.91. The van der Waals surface area contributed by atoms with E-state index in [2.05, 4.69) is 9.97 Å². The topological polar surface area (TPSA) is 81.3 Å². The monoisotopic (exact) mass is 298 g/mol. The van der Waals surface area contributed by atoms with Gasteiger partial charge in [0.2, 0.25) is 0 Å². The standard InChI is InChI=1S/C16H14N2O4/c1-16(2)21-14(19)12(15(20)22-16)8-11-9-17-13(18-11)10-6-4-3-5-7-10/h3-9H,1-2H3,(H,17,18). The summed E-state index contributed by atoms with van der Waals surface area (Å²) in [6, 6.07) is 9.51. The predicted molar refractivity (Wildman–Crippen MR) is 78.3 cm³/mol. The lowest BCUT2D eigenvalue weighted by atomic mass is 10.2. The van der Waals surface area contributed by atoms with Crippen LogP contribution < -0.4 is 0 Å². The number of imidazole rings is 1. The second-order valence-electron chi connectivity index (χ2n) is 5.29. The molecule has 2 heterocycles. The van der Waals surface area contributed by atoms with E-state index in [1.54, 1.807) is 0 Å². The normalized spacial score (nSPS) is 16.9. The van der Waals surface area contributed by atoms with Crippen molar-refractivity contribution in [3.8, 4) is 11.4 Å². The molecule has 6 nitrogen and oxygen atoms in total. The molecule has 2 aromatic rings. The molecular formula is C16H14N2O4. The zero-order chi connectivity index (χ0) is 15.7. The molecule has 0 saturated carbocycles. The van der Waals surface area contributed by atoms with E-state index in [4.69, 9.17) is 9.47 Å². The number of cyclic esters (lactones) is 2. The van der Waals surface area contributed by atoms with Gasteiger partial charge in [0.15, 0.2) is 0 Å². The van der Waals surface area contributed by atoms with Crippen molar-refractivity contribution >= 4 is 18.0 Å². The highest BCUT2D eigenvalue weighted by molar-refractivity contribution is 6.18. The maximum atomic E-state index is 11.9. The van der Waals surface area contributed by atoms with Crippen LogP contribution in [-0.2, 0) is 19.1 Å². The van der Waals surface area contributed by atoms with Gasteiger partial charge in [-0.25, -0.2) is 14.6 Å². The molecule has 1 aliphatic heterocycles. The Balaban J connectivity index is 1.88. The number of carbonyl (C=O) groups is 2. The molecule has 0 bridgehead atoms. The van der Waals surface area contributed by atoms with Gasteiger partial charge in [0.25, 0.3) is 5.79 Å². The van der Waals surface area contributed by atoms with Crippen LogP contribution in [0.5, 0.6) is 0 Å². The number of aromatic amines is 1. The molecule has 1 saturated heterocycles. The lowest BCUT2D eigenvalue weighted by molar-refractivity contribution is -0.222. The zero-order valence-corrected chi connectivity index (χ0v) is 12.1. The van der Waals surface area contributed by atoms with Gasteiger partial charge in [-0.1, -0.05) is 30.3 Å². The van der Waals surface area contributed by atoms with E-state index in [0.717, 1.165) is 5.56 Å². The summed E-state index contributed by atoms with van der Waals surface area (Å²) < 4.78 is 10.1. The smallest absolute Gasteiger partial charge is 0.348 e.